The highest BCUT2D eigenvalue weighted by Crippen LogP contribution is 2.41. The molecule has 0 N–H and O–H groups in total. The second-order valence-corrected chi connectivity index (χ2v) is 11.8. The monoisotopic (exact) mass is 645 g/mol. The molecular formula is C40H25N10+. The van der Waals surface area contributed by atoms with E-state index in [0.717, 1.165) is 49.3 Å². The number of rotatable bonds is 5. The third-order valence-electron chi connectivity index (χ3n) is 8.92. The van der Waals surface area contributed by atoms with Crippen molar-refractivity contribution >= 4 is 43.6 Å². The van der Waals surface area contributed by atoms with E-state index in [0.29, 0.717) is 34.9 Å². The zero-order valence-corrected chi connectivity index (χ0v) is 26.4. The van der Waals surface area contributed by atoms with Crippen molar-refractivity contribution in [1.82, 2.24) is 44.0 Å². The lowest BCUT2D eigenvalue weighted by Crippen LogP contribution is -2.35. The van der Waals surface area contributed by atoms with Crippen LogP contribution < -0.4 is 4.57 Å². The van der Waals surface area contributed by atoms with Crippen molar-refractivity contribution in [2.45, 2.75) is 0 Å². The first-order valence-electron chi connectivity index (χ1n) is 16.2. The van der Waals surface area contributed by atoms with Crippen LogP contribution in [0.5, 0.6) is 0 Å². The van der Waals surface area contributed by atoms with Gasteiger partial charge in [0.15, 0.2) is 12.7 Å². The van der Waals surface area contributed by atoms with Gasteiger partial charge in [0.05, 0.1) is 22.1 Å². The summed E-state index contributed by atoms with van der Waals surface area (Å²) in [7, 11) is 0. The fourth-order valence-electron chi connectivity index (χ4n) is 6.76. The van der Waals surface area contributed by atoms with E-state index in [1.165, 1.54) is 0 Å². The van der Waals surface area contributed by atoms with Gasteiger partial charge < -0.3 is 4.57 Å². The molecule has 0 aliphatic rings. The molecular weight excluding hydrogens is 621 g/mol. The highest BCUT2D eigenvalue weighted by Gasteiger charge is 2.25. The Balaban J connectivity index is 1.30. The van der Waals surface area contributed by atoms with Crippen LogP contribution in [0.3, 0.4) is 0 Å². The summed E-state index contributed by atoms with van der Waals surface area (Å²) in [6, 6.07) is 43.1. The summed E-state index contributed by atoms with van der Waals surface area (Å²) in [6.07, 6.45) is 6.75. The number of hydrogen-bond donors (Lipinski definition) is 0. The fraction of sp³-hybridized carbons (Fsp3) is 0. The molecule has 0 saturated heterocycles. The van der Waals surface area contributed by atoms with Gasteiger partial charge in [-0.1, -0.05) is 83.8 Å². The molecule has 0 radical (unpaired) electrons. The van der Waals surface area contributed by atoms with Gasteiger partial charge in [0.1, 0.15) is 11.4 Å². The molecule has 10 nitrogen and oxygen atoms in total. The Kier molecular flexibility index (Phi) is 6.25. The van der Waals surface area contributed by atoms with Gasteiger partial charge >= 0.3 is 5.95 Å². The number of fused-ring (bicyclic) bond motifs is 7. The van der Waals surface area contributed by atoms with Gasteiger partial charge in [-0.25, -0.2) is 0 Å². The Morgan fingerprint density at radius 3 is 1.62 bits per heavy atom. The van der Waals surface area contributed by atoms with Gasteiger partial charge in [0.2, 0.25) is 5.82 Å². The third kappa shape index (κ3) is 4.36. The Hall–Kier alpha value is -7.20. The van der Waals surface area contributed by atoms with Crippen LogP contribution in [0, 0.1) is 0 Å². The average Bonchev–Trinajstić information content (AvgIpc) is 3.72. The van der Waals surface area contributed by atoms with Crippen molar-refractivity contribution < 1.29 is 4.57 Å². The summed E-state index contributed by atoms with van der Waals surface area (Å²) in [5.41, 5.74) is 6.48. The number of benzene rings is 4. The van der Waals surface area contributed by atoms with Crippen LogP contribution in [0.25, 0.3) is 84.2 Å². The molecule has 0 bridgehead atoms. The SMILES string of the molecule is c1ccc(-n2c3ccccc3c3ccc4c5ccccc5n(-c5nc(-c6ccccn6)nc(-[n+]6cnc(-c7ccccn7)nc6)n5)c4c32)cc1. The van der Waals surface area contributed by atoms with Crippen molar-refractivity contribution in [2.75, 3.05) is 0 Å². The molecule has 10 rings (SSSR count). The molecule has 4 aromatic carbocycles. The quantitative estimate of drug-likeness (QED) is 0.182. The smallest absolute Gasteiger partial charge is 0.307 e. The molecule has 50 heavy (non-hydrogen) atoms. The van der Waals surface area contributed by atoms with E-state index in [1.54, 1.807) is 29.6 Å². The topological polar surface area (TPSA) is 104 Å². The molecule has 0 amide bonds. The van der Waals surface area contributed by atoms with Gasteiger partial charge in [0.25, 0.3) is 11.8 Å². The largest absolute Gasteiger partial charge is 0.366 e. The minimum atomic E-state index is 0.352. The van der Waals surface area contributed by atoms with Gasteiger partial charge in [0, 0.05) is 39.6 Å². The van der Waals surface area contributed by atoms with Crippen LogP contribution in [0.15, 0.2) is 152 Å². The van der Waals surface area contributed by atoms with Crippen LogP contribution >= 0.6 is 0 Å². The van der Waals surface area contributed by atoms with E-state index in [4.69, 9.17) is 15.0 Å². The normalized spacial score (nSPS) is 11.6. The first kappa shape index (κ1) is 27.9. The van der Waals surface area contributed by atoms with E-state index in [1.807, 2.05) is 48.5 Å². The molecule has 0 saturated carbocycles. The summed E-state index contributed by atoms with van der Waals surface area (Å²) in [5.74, 6) is 1.72. The van der Waals surface area contributed by atoms with E-state index in [-0.39, 0.29) is 0 Å². The van der Waals surface area contributed by atoms with Crippen LogP contribution in [0.2, 0.25) is 0 Å². The van der Waals surface area contributed by atoms with E-state index in [2.05, 4.69) is 108 Å². The number of pyridine rings is 2. The minimum Gasteiger partial charge on any atom is -0.307 e. The predicted molar refractivity (Wildman–Crippen MR) is 192 cm³/mol. The van der Waals surface area contributed by atoms with Gasteiger partial charge in [-0.05, 0) is 48.5 Å². The van der Waals surface area contributed by atoms with Gasteiger partial charge in [-0.3, -0.25) is 14.5 Å². The Labute approximate surface area is 284 Å². The predicted octanol–water partition coefficient (Wildman–Crippen LogP) is 7.26. The maximum Gasteiger partial charge on any atom is 0.366 e. The molecule has 0 aliphatic heterocycles. The van der Waals surface area contributed by atoms with Crippen molar-refractivity contribution in [3.63, 3.8) is 0 Å². The van der Waals surface area contributed by atoms with E-state index < -0.39 is 0 Å². The molecule has 0 unspecified atom stereocenters. The zero-order valence-electron chi connectivity index (χ0n) is 26.4. The Morgan fingerprint density at radius 2 is 0.980 bits per heavy atom. The summed E-state index contributed by atoms with van der Waals surface area (Å²) in [6.45, 7) is 0. The summed E-state index contributed by atoms with van der Waals surface area (Å²) >= 11 is 0. The second kappa shape index (κ2) is 11.2. The molecule has 234 valence electrons. The Bertz CT molecular complexity index is 2850. The lowest BCUT2D eigenvalue weighted by Gasteiger charge is -2.11. The van der Waals surface area contributed by atoms with Crippen molar-refractivity contribution in [3.05, 3.63) is 152 Å². The molecule has 0 atom stereocenters. The number of aromatic nitrogens is 10. The standard InChI is InChI=1S/C40H25N10/c1-2-12-26(13-3-1)49-33-18-6-4-14-27(33)29-20-21-30-28-15-5-7-19-34(28)50(36(30)35(29)49)40-46-38(32-17-9-11-23-42-32)45-39(47-40)48-24-43-37(44-25-48)31-16-8-10-22-41-31/h1-25H/q+1. The number of hydrogen-bond acceptors (Lipinski definition) is 7. The Morgan fingerprint density at radius 1 is 0.420 bits per heavy atom. The highest BCUT2D eigenvalue weighted by atomic mass is 15.3. The van der Waals surface area contributed by atoms with Crippen LogP contribution in [0.4, 0.5) is 0 Å². The highest BCUT2D eigenvalue weighted by molar-refractivity contribution is 6.23. The van der Waals surface area contributed by atoms with E-state index >= 15 is 0 Å². The first-order chi connectivity index (χ1) is 24.8. The van der Waals surface area contributed by atoms with Crippen molar-refractivity contribution in [3.8, 4) is 40.6 Å². The van der Waals surface area contributed by atoms with Gasteiger partial charge in [-0.2, -0.15) is 9.55 Å². The lowest BCUT2D eigenvalue weighted by atomic mass is 10.1. The number of para-hydroxylation sites is 3. The van der Waals surface area contributed by atoms with Crippen LogP contribution in [-0.4, -0.2) is 44.0 Å². The molecule has 6 aromatic heterocycles. The van der Waals surface area contributed by atoms with Crippen molar-refractivity contribution in [1.29, 1.82) is 0 Å². The lowest BCUT2D eigenvalue weighted by molar-refractivity contribution is -0.610. The fourth-order valence-corrected chi connectivity index (χ4v) is 6.76. The molecule has 10 aromatic rings. The molecule has 10 heteroatoms. The van der Waals surface area contributed by atoms with Crippen molar-refractivity contribution in [2.24, 2.45) is 0 Å². The second-order valence-electron chi connectivity index (χ2n) is 11.8. The molecule has 0 aliphatic carbocycles. The van der Waals surface area contributed by atoms with Crippen LogP contribution in [-0.2, 0) is 0 Å². The van der Waals surface area contributed by atoms with Crippen LogP contribution in [0.1, 0.15) is 0 Å². The molecule has 0 spiro atoms. The average molecular weight is 646 g/mol. The first-order valence-corrected chi connectivity index (χ1v) is 16.2. The molecule has 0 fully saturated rings. The van der Waals surface area contributed by atoms with Gasteiger partial charge in [-0.15, -0.1) is 15.0 Å². The molecule has 6 heterocycles. The maximum absolute atomic E-state index is 5.11. The number of nitrogens with zero attached hydrogens (tertiary/aromatic N) is 10. The third-order valence-corrected chi connectivity index (χ3v) is 8.92. The zero-order chi connectivity index (χ0) is 33.0. The summed E-state index contributed by atoms with van der Waals surface area (Å²) in [4.78, 5) is 33.3. The summed E-state index contributed by atoms with van der Waals surface area (Å²) < 4.78 is 6.17. The summed E-state index contributed by atoms with van der Waals surface area (Å²) in [5, 5.41) is 4.47. The van der Waals surface area contributed by atoms with E-state index in [9.17, 15) is 0 Å². The minimum absolute atomic E-state index is 0.352. The maximum atomic E-state index is 5.11.